The van der Waals surface area contributed by atoms with Gasteiger partial charge in [0, 0.05) is 6.54 Å². The third-order valence-corrected chi connectivity index (χ3v) is 2.64. The molecule has 1 rings (SSSR count). The lowest BCUT2D eigenvalue weighted by Crippen LogP contribution is -2.44. The van der Waals surface area contributed by atoms with E-state index < -0.39 is 0 Å². The van der Waals surface area contributed by atoms with Crippen LogP contribution in [0.15, 0.2) is 24.3 Å². The van der Waals surface area contributed by atoms with E-state index in [-0.39, 0.29) is 24.5 Å². The molecule has 18 heavy (non-hydrogen) atoms. The number of hydrogen-bond acceptors (Lipinski definition) is 2. The molecule has 0 radical (unpaired) electrons. The highest BCUT2D eigenvalue weighted by molar-refractivity contribution is 5.74. The van der Waals surface area contributed by atoms with Gasteiger partial charge in [-0.1, -0.05) is 19.1 Å². The van der Waals surface area contributed by atoms with Gasteiger partial charge >= 0.3 is 6.03 Å². The zero-order valence-electron chi connectivity index (χ0n) is 10.4. The molecule has 100 valence electrons. The summed E-state index contributed by atoms with van der Waals surface area (Å²) in [5, 5.41) is 14.2. The van der Waals surface area contributed by atoms with Crippen LogP contribution >= 0.6 is 0 Å². The number of carbonyl (C=O) groups is 1. The fourth-order valence-corrected chi connectivity index (χ4v) is 1.53. The fraction of sp³-hybridized carbons (Fsp3) is 0.462. The molecule has 3 N–H and O–H groups in total. The predicted octanol–water partition coefficient (Wildman–Crippen LogP) is 1.44. The third kappa shape index (κ3) is 5.14. The number of urea groups is 1. The van der Waals surface area contributed by atoms with Gasteiger partial charge in [-0.25, -0.2) is 9.18 Å². The van der Waals surface area contributed by atoms with Crippen molar-refractivity contribution >= 4 is 6.03 Å². The smallest absolute Gasteiger partial charge is 0.315 e. The molecule has 0 saturated carbocycles. The minimum Gasteiger partial charge on any atom is -0.394 e. The summed E-state index contributed by atoms with van der Waals surface area (Å²) >= 11 is 0. The Morgan fingerprint density at radius 1 is 1.50 bits per heavy atom. The fourth-order valence-electron chi connectivity index (χ4n) is 1.53. The van der Waals surface area contributed by atoms with Crippen molar-refractivity contribution in [1.29, 1.82) is 0 Å². The van der Waals surface area contributed by atoms with E-state index >= 15 is 0 Å². The van der Waals surface area contributed by atoms with Crippen molar-refractivity contribution in [3.05, 3.63) is 35.6 Å². The molecule has 0 spiro atoms. The van der Waals surface area contributed by atoms with Crippen LogP contribution in [0.1, 0.15) is 18.9 Å². The van der Waals surface area contributed by atoms with Crippen molar-refractivity contribution in [2.45, 2.75) is 25.8 Å². The van der Waals surface area contributed by atoms with Crippen molar-refractivity contribution in [2.24, 2.45) is 0 Å². The van der Waals surface area contributed by atoms with Crippen molar-refractivity contribution in [1.82, 2.24) is 10.6 Å². The first kappa shape index (κ1) is 14.4. The van der Waals surface area contributed by atoms with Gasteiger partial charge in [-0.05, 0) is 30.5 Å². The molecule has 0 aliphatic rings. The molecule has 1 aromatic rings. The Labute approximate surface area is 106 Å². The molecule has 1 atom stereocenters. The van der Waals surface area contributed by atoms with Crippen LogP contribution in [0, 0.1) is 5.82 Å². The lowest BCUT2D eigenvalue weighted by atomic mass is 10.1. The number of carbonyl (C=O) groups excluding carboxylic acids is 1. The summed E-state index contributed by atoms with van der Waals surface area (Å²) < 4.78 is 12.9. The summed E-state index contributed by atoms with van der Waals surface area (Å²) in [5.74, 6) is -0.275. The standard InChI is InChI=1S/C13H19FN2O2/c1-2-12(9-17)16-13(18)15-7-6-10-4-3-5-11(14)8-10/h3-5,8,12,17H,2,6-7,9H2,1H3,(H2,15,16,18). The average molecular weight is 254 g/mol. The monoisotopic (exact) mass is 254 g/mol. The number of hydrogen-bond donors (Lipinski definition) is 3. The van der Waals surface area contributed by atoms with E-state index in [1.807, 2.05) is 13.0 Å². The molecular weight excluding hydrogens is 235 g/mol. The Bertz CT molecular complexity index is 381. The van der Waals surface area contributed by atoms with Gasteiger partial charge in [0.1, 0.15) is 5.82 Å². The summed E-state index contributed by atoms with van der Waals surface area (Å²) in [6, 6.07) is 5.75. The topological polar surface area (TPSA) is 61.4 Å². The van der Waals surface area contributed by atoms with Gasteiger partial charge in [-0.15, -0.1) is 0 Å². The van der Waals surface area contributed by atoms with E-state index in [4.69, 9.17) is 5.11 Å². The molecule has 0 aliphatic heterocycles. The van der Waals surface area contributed by atoms with Gasteiger partial charge in [0.05, 0.1) is 12.6 Å². The first-order valence-electron chi connectivity index (χ1n) is 6.05. The van der Waals surface area contributed by atoms with Crippen LogP contribution in [0.2, 0.25) is 0 Å². The molecule has 5 heteroatoms. The highest BCUT2D eigenvalue weighted by atomic mass is 19.1. The zero-order chi connectivity index (χ0) is 13.4. The highest BCUT2D eigenvalue weighted by Crippen LogP contribution is 2.03. The Kier molecular flexibility index (Phi) is 6.14. The molecule has 2 amide bonds. The van der Waals surface area contributed by atoms with E-state index in [9.17, 15) is 9.18 Å². The van der Waals surface area contributed by atoms with E-state index in [2.05, 4.69) is 10.6 Å². The van der Waals surface area contributed by atoms with Crippen LogP contribution in [0.3, 0.4) is 0 Å². The number of benzene rings is 1. The summed E-state index contributed by atoms with van der Waals surface area (Å²) in [5.41, 5.74) is 0.837. The van der Waals surface area contributed by atoms with E-state index in [0.29, 0.717) is 19.4 Å². The van der Waals surface area contributed by atoms with Crippen molar-refractivity contribution in [3.8, 4) is 0 Å². The first-order valence-corrected chi connectivity index (χ1v) is 6.05. The second kappa shape index (κ2) is 7.66. The van der Waals surface area contributed by atoms with Gasteiger partial charge in [0.2, 0.25) is 0 Å². The van der Waals surface area contributed by atoms with E-state index in [0.717, 1.165) is 5.56 Å². The summed E-state index contributed by atoms with van der Waals surface area (Å²) in [7, 11) is 0. The first-order chi connectivity index (χ1) is 8.65. The average Bonchev–Trinajstić information content (AvgIpc) is 2.36. The van der Waals surface area contributed by atoms with Gasteiger partial charge in [0.25, 0.3) is 0 Å². The van der Waals surface area contributed by atoms with Crippen LogP contribution in [-0.4, -0.2) is 30.3 Å². The molecule has 0 aliphatic carbocycles. The molecule has 1 unspecified atom stereocenters. The maximum Gasteiger partial charge on any atom is 0.315 e. The van der Waals surface area contributed by atoms with E-state index in [1.165, 1.54) is 12.1 Å². The second-order valence-electron chi connectivity index (χ2n) is 4.07. The van der Waals surface area contributed by atoms with Gasteiger partial charge in [-0.2, -0.15) is 0 Å². The number of rotatable bonds is 6. The van der Waals surface area contributed by atoms with Gasteiger partial charge in [-0.3, -0.25) is 0 Å². The molecule has 0 heterocycles. The minimum absolute atomic E-state index is 0.0756. The maximum atomic E-state index is 12.9. The molecule has 4 nitrogen and oxygen atoms in total. The summed E-state index contributed by atoms with van der Waals surface area (Å²) in [6.07, 6.45) is 1.24. The molecule has 0 aromatic heterocycles. The van der Waals surface area contributed by atoms with Crippen molar-refractivity contribution in [3.63, 3.8) is 0 Å². The highest BCUT2D eigenvalue weighted by Gasteiger charge is 2.07. The summed E-state index contributed by atoms with van der Waals surface area (Å²) in [4.78, 5) is 11.4. The van der Waals surface area contributed by atoms with Gasteiger partial charge in [0.15, 0.2) is 0 Å². The van der Waals surface area contributed by atoms with Crippen LogP contribution in [0.5, 0.6) is 0 Å². The number of aliphatic hydroxyl groups is 1. The molecule has 0 bridgehead atoms. The number of amides is 2. The largest absolute Gasteiger partial charge is 0.394 e. The third-order valence-electron chi connectivity index (χ3n) is 2.64. The van der Waals surface area contributed by atoms with Crippen molar-refractivity contribution in [2.75, 3.05) is 13.2 Å². The zero-order valence-corrected chi connectivity index (χ0v) is 10.4. The van der Waals surface area contributed by atoms with E-state index in [1.54, 1.807) is 6.07 Å². The number of halogens is 1. The molecule has 0 saturated heterocycles. The van der Waals surface area contributed by atoms with Gasteiger partial charge < -0.3 is 15.7 Å². The van der Waals surface area contributed by atoms with Crippen LogP contribution in [0.4, 0.5) is 9.18 Å². The predicted molar refractivity (Wildman–Crippen MR) is 67.8 cm³/mol. The molecular formula is C13H19FN2O2. The Balaban J connectivity index is 2.27. The minimum atomic E-state index is -0.313. The van der Waals surface area contributed by atoms with Crippen LogP contribution < -0.4 is 10.6 Å². The quantitative estimate of drug-likeness (QED) is 0.719. The normalized spacial score (nSPS) is 11.9. The SMILES string of the molecule is CCC(CO)NC(=O)NCCc1cccc(F)c1. The molecule has 1 aromatic carbocycles. The Hall–Kier alpha value is -1.62. The van der Waals surface area contributed by atoms with Crippen molar-refractivity contribution < 1.29 is 14.3 Å². The number of nitrogens with one attached hydrogen (secondary N) is 2. The molecule has 0 fully saturated rings. The van der Waals surface area contributed by atoms with Crippen LogP contribution in [0.25, 0.3) is 0 Å². The maximum absolute atomic E-state index is 12.9. The Morgan fingerprint density at radius 3 is 2.89 bits per heavy atom. The van der Waals surface area contributed by atoms with Crippen LogP contribution in [-0.2, 0) is 6.42 Å². The lowest BCUT2D eigenvalue weighted by Gasteiger charge is -2.14. The Morgan fingerprint density at radius 2 is 2.28 bits per heavy atom. The summed E-state index contributed by atoms with van der Waals surface area (Å²) in [6.45, 7) is 2.23. The lowest BCUT2D eigenvalue weighted by molar-refractivity contribution is 0.214. The second-order valence-corrected chi connectivity index (χ2v) is 4.07. The number of aliphatic hydroxyl groups excluding tert-OH is 1.